The summed E-state index contributed by atoms with van der Waals surface area (Å²) in [7, 11) is 1.70. The molecule has 0 N–H and O–H groups in total. The lowest BCUT2D eigenvalue weighted by molar-refractivity contribution is 0.414. The zero-order chi connectivity index (χ0) is 20.6. The third-order valence-electron chi connectivity index (χ3n) is 4.84. The Morgan fingerprint density at radius 3 is 2.24 bits per heavy atom. The molecule has 148 valence electrons. The Bertz CT molecular complexity index is 1260. The number of ether oxygens (including phenoxy) is 1. The van der Waals surface area contributed by atoms with Crippen molar-refractivity contribution < 1.29 is 13.2 Å². The van der Waals surface area contributed by atoms with Crippen molar-refractivity contribution in [3.8, 4) is 17.0 Å². The lowest BCUT2D eigenvalue weighted by atomic mass is 10.1. The van der Waals surface area contributed by atoms with E-state index in [0.717, 1.165) is 16.6 Å². The number of methoxy groups -OCH3 is 1. The van der Waals surface area contributed by atoms with Gasteiger partial charge in [0.15, 0.2) is 0 Å². The second-order valence-electron chi connectivity index (χ2n) is 6.83. The molecule has 0 aliphatic heterocycles. The average Bonchev–Trinajstić information content (AvgIpc) is 3.19. The van der Waals surface area contributed by atoms with Crippen LogP contribution < -0.4 is 9.64 Å². The van der Waals surface area contributed by atoms with Crippen molar-refractivity contribution >= 4 is 26.6 Å². The van der Waals surface area contributed by atoms with E-state index >= 15 is 0 Å². The predicted molar refractivity (Wildman–Crippen MR) is 115 cm³/mol. The van der Waals surface area contributed by atoms with Crippen molar-refractivity contribution in [3.63, 3.8) is 0 Å². The summed E-state index contributed by atoms with van der Waals surface area (Å²) in [6.07, 6.45) is 3.27. The number of anilines is 1. The maximum atomic E-state index is 13.3. The molecule has 7 heteroatoms. The number of hydrogen-bond acceptors (Lipinski definition) is 5. The molecule has 0 bridgehead atoms. The van der Waals surface area contributed by atoms with Gasteiger partial charge in [-0.05, 0) is 48.5 Å². The maximum Gasteiger partial charge on any atom is 0.268 e. The van der Waals surface area contributed by atoms with Crippen LogP contribution in [0.5, 0.6) is 5.75 Å². The smallest absolute Gasteiger partial charge is 0.268 e. The molecule has 4 rings (SSSR count). The van der Waals surface area contributed by atoms with Gasteiger partial charge in [0.2, 0.25) is 0 Å². The highest BCUT2D eigenvalue weighted by molar-refractivity contribution is 7.90. The average molecular weight is 407 g/mol. The number of benzene rings is 2. The molecule has 0 saturated heterocycles. The first-order chi connectivity index (χ1) is 13.9. The van der Waals surface area contributed by atoms with Gasteiger partial charge in [-0.15, -0.1) is 0 Å². The van der Waals surface area contributed by atoms with E-state index in [4.69, 9.17) is 4.74 Å². The molecule has 2 aromatic carbocycles. The van der Waals surface area contributed by atoms with E-state index in [-0.39, 0.29) is 4.90 Å². The number of aromatic nitrogens is 2. The molecule has 0 spiro atoms. The Balaban J connectivity index is 1.88. The molecule has 2 heterocycles. The second kappa shape index (κ2) is 7.25. The Labute approximate surface area is 170 Å². The van der Waals surface area contributed by atoms with Crippen LogP contribution in [0.4, 0.5) is 5.69 Å². The van der Waals surface area contributed by atoms with Crippen LogP contribution in [0.3, 0.4) is 0 Å². The number of pyridine rings is 1. The first kappa shape index (κ1) is 19.0. The summed E-state index contributed by atoms with van der Waals surface area (Å²) < 4.78 is 33.1. The van der Waals surface area contributed by atoms with Gasteiger partial charge < -0.3 is 9.64 Å². The summed E-state index contributed by atoms with van der Waals surface area (Å²) >= 11 is 0. The molecule has 6 nitrogen and oxygen atoms in total. The van der Waals surface area contributed by atoms with Gasteiger partial charge in [0, 0.05) is 43.1 Å². The molecule has 0 atom stereocenters. The van der Waals surface area contributed by atoms with E-state index < -0.39 is 10.0 Å². The Hall–Kier alpha value is -3.32. The quantitative estimate of drug-likeness (QED) is 0.500. The molecule has 0 radical (unpaired) electrons. The van der Waals surface area contributed by atoms with E-state index in [2.05, 4.69) is 4.98 Å². The Morgan fingerprint density at radius 1 is 0.931 bits per heavy atom. The molecular weight excluding hydrogens is 386 g/mol. The van der Waals surface area contributed by atoms with Gasteiger partial charge in [-0.2, -0.15) is 0 Å². The first-order valence-corrected chi connectivity index (χ1v) is 10.5. The van der Waals surface area contributed by atoms with Crippen LogP contribution in [0.15, 0.2) is 78.0 Å². The van der Waals surface area contributed by atoms with Gasteiger partial charge in [-0.25, -0.2) is 12.4 Å². The van der Waals surface area contributed by atoms with Gasteiger partial charge in [0.1, 0.15) is 5.75 Å². The van der Waals surface area contributed by atoms with E-state index in [1.165, 1.54) is 3.97 Å². The second-order valence-corrected chi connectivity index (χ2v) is 8.65. The van der Waals surface area contributed by atoms with Crippen molar-refractivity contribution in [2.75, 3.05) is 26.1 Å². The highest BCUT2D eigenvalue weighted by Crippen LogP contribution is 2.31. The molecule has 4 aromatic rings. The van der Waals surface area contributed by atoms with E-state index in [9.17, 15) is 8.42 Å². The summed E-state index contributed by atoms with van der Waals surface area (Å²) in [6.45, 7) is 0. The van der Waals surface area contributed by atoms with Crippen LogP contribution in [-0.2, 0) is 10.0 Å². The largest absolute Gasteiger partial charge is 0.497 e. The molecule has 0 unspecified atom stereocenters. The summed E-state index contributed by atoms with van der Waals surface area (Å²) in [6, 6.07) is 17.8. The van der Waals surface area contributed by atoms with Crippen molar-refractivity contribution in [2.45, 2.75) is 4.90 Å². The third-order valence-corrected chi connectivity index (χ3v) is 6.53. The molecule has 0 saturated carbocycles. The first-order valence-electron chi connectivity index (χ1n) is 9.05. The summed E-state index contributed by atoms with van der Waals surface area (Å²) in [5.74, 6) is 0.602. The van der Waals surface area contributed by atoms with Gasteiger partial charge in [-0.1, -0.05) is 12.1 Å². The Kier molecular flexibility index (Phi) is 4.76. The summed E-state index contributed by atoms with van der Waals surface area (Å²) in [5, 5.41) is 0.809. The molecule has 0 aliphatic rings. The molecule has 0 fully saturated rings. The number of nitrogens with zero attached hydrogens (tertiary/aromatic N) is 3. The fourth-order valence-corrected chi connectivity index (χ4v) is 4.61. The monoisotopic (exact) mass is 407 g/mol. The molecular formula is C22H21N3O3S. The van der Waals surface area contributed by atoms with Gasteiger partial charge >= 0.3 is 0 Å². The highest BCUT2D eigenvalue weighted by Gasteiger charge is 2.21. The zero-order valence-electron chi connectivity index (χ0n) is 16.4. The molecule has 29 heavy (non-hydrogen) atoms. The lowest BCUT2D eigenvalue weighted by Crippen LogP contribution is -2.12. The minimum absolute atomic E-state index is 0.188. The fraction of sp³-hybridized carbons (Fsp3) is 0.136. The zero-order valence-corrected chi connectivity index (χ0v) is 17.2. The Morgan fingerprint density at radius 2 is 1.62 bits per heavy atom. The third kappa shape index (κ3) is 3.34. The van der Waals surface area contributed by atoms with Crippen molar-refractivity contribution in [1.82, 2.24) is 8.96 Å². The molecule has 2 aromatic heterocycles. The topological polar surface area (TPSA) is 64.4 Å². The van der Waals surface area contributed by atoms with Crippen LogP contribution in [0.2, 0.25) is 0 Å². The number of fused-ring (bicyclic) bond motifs is 1. The van der Waals surface area contributed by atoms with E-state index in [0.29, 0.717) is 17.0 Å². The normalized spacial score (nSPS) is 11.6. The highest BCUT2D eigenvalue weighted by atomic mass is 32.2. The van der Waals surface area contributed by atoms with Gasteiger partial charge in [-0.3, -0.25) is 4.98 Å². The van der Waals surface area contributed by atoms with Crippen LogP contribution in [0, 0.1) is 0 Å². The van der Waals surface area contributed by atoms with E-state index in [1.54, 1.807) is 49.8 Å². The lowest BCUT2D eigenvalue weighted by Gasteiger charge is -2.14. The van der Waals surface area contributed by atoms with Crippen LogP contribution >= 0.6 is 0 Å². The predicted octanol–water partition coefficient (Wildman–Crippen LogP) is 4.01. The minimum Gasteiger partial charge on any atom is -0.497 e. The van der Waals surface area contributed by atoms with Crippen LogP contribution in [0.25, 0.3) is 22.2 Å². The SMILES string of the molecule is COc1ccc(S(=O)(=O)n2ccc3ccnc(-c4ccc(N(C)C)cc4)c32)cc1. The number of hydrogen-bond donors (Lipinski definition) is 0. The van der Waals surface area contributed by atoms with Crippen molar-refractivity contribution in [3.05, 3.63) is 73.1 Å². The van der Waals surface area contributed by atoms with Crippen molar-refractivity contribution in [2.24, 2.45) is 0 Å². The minimum atomic E-state index is -3.79. The molecule has 0 amide bonds. The number of rotatable bonds is 5. The van der Waals surface area contributed by atoms with E-state index in [1.807, 2.05) is 49.3 Å². The van der Waals surface area contributed by atoms with Crippen LogP contribution in [-0.4, -0.2) is 38.6 Å². The standard InChI is InChI=1S/C22H21N3O3S/c1-24(2)18-6-4-16(5-7-18)21-22-17(12-14-23-21)13-15-25(22)29(26,27)20-10-8-19(28-3)9-11-20/h4-15H,1-3H3. The van der Waals surface area contributed by atoms with Gasteiger partial charge in [0.25, 0.3) is 10.0 Å². The van der Waals surface area contributed by atoms with Gasteiger partial charge in [0.05, 0.1) is 23.2 Å². The molecule has 0 aliphatic carbocycles. The fourth-order valence-electron chi connectivity index (χ4n) is 3.25. The maximum absolute atomic E-state index is 13.3. The summed E-state index contributed by atoms with van der Waals surface area (Å²) in [4.78, 5) is 6.70. The van der Waals surface area contributed by atoms with Crippen molar-refractivity contribution in [1.29, 1.82) is 0 Å². The summed E-state index contributed by atoms with van der Waals surface area (Å²) in [5.41, 5.74) is 3.09. The van der Waals surface area contributed by atoms with Crippen LogP contribution in [0.1, 0.15) is 0 Å².